The van der Waals surface area contributed by atoms with Crippen LogP contribution in [-0.2, 0) is 4.74 Å². The van der Waals surface area contributed by atoms with Crippen LogP contribution in [0.4, 0.5) is 5.82 Å². The number of morpholine rings is 1. The van der Waals surface area contributed by atoms with Gasteiger partial charge in [-0.05, 0) is 12.8 Å². The fourth-order valence-electron chi connectivity index (χ4n) is 2.83. The van der Waals surface area contributed by atoms with E-state index in [-0.39, 0.29) is 5.91 Å². The molecule has 0 unspecified atom stereocenters. The number of rotatable bonds is 5. The van der Waals surface area contributed by atoms with E-state index in [2.05, 4.69) is 25.1 Å². The zero-order valence-electron chi connectivity index (χ0n) is 12.8. The molecule has 0 radical (unpaired) electrons. The molecule has 0 bridgehead atoms. The lowest BCUT2D eigenvalue weighted by molar-refractivity contribution is 0.0383. The lowest BCUT2D eigenvalue weighted by Gasteiger charge is -2.26. The van der Waals surface area contributed by atoms with Gasteiger partial charge in [0.05, 0.1) is 13.2 Å². The second kappa shape index (κ2) is 7.51. The first kappa shape index (κ1) is 15.2. The molecular formula is C15H23N5O2. The van der Waals surface area contributed by atoms with Gasteiger partial charge >= 0.3 is 0 Å². The fraction of sp³-hybridized carbons (Fsp3) is 0.667. The van der Waals surface area contributed by atoms with Crippen LogP contribution in [0.2, 0.25) is 0 Å². The molecule has 3 rings (SSSR count). The van der Waals surface area contributed by atoms with Gasteiger partial charge in [-0.25, -0.2) is 9.97 Å². The van der Waals surface area contributed by atoms with E-state index in [1.165, 1.54) is 19.2 Å². The Balaban J connectivity index is 1.49. The number of aromatic nitrogens is 2. The summed E-state index contributed by atoms with van der Waals surface area (Å²) in [6.07, 6.45) is 3.85. The lowest BCUT2D eigenvalue weighted by Crippen LogP contribution is -2.41. The van der Waals surface area contributed by atoms with Crippen molar-refractivity contribution in [2.75, 3.05) is 57.4 Å². The van der Waals surface area contributed by atoms with Crippen LogP contribution in [0.5, 0.6) is 0 Å². The second-order valence-corrected chi connectivity index (χ2v) is 5.67. The maximum Gasteiger partial charge on any atom is 0.270 e. The third kappa shape index (κ3) is 3.92. The summed E-state index contributed by atoms with van der Waals surface area (Å²) >= 11 is 0. The highest BCUT2D eigenvalue weighted by Gasteiger charge is 2.16. The normalized spacial score (nSPS) is 19.4. The molecule has 2 aliphatic heterocycles. The van der Waals surface area contributed by atoms with Gasteiger partial charge in [-0.2, -0.15) is 0 Å². The van der Waals surface area contributed by atoms with Gasteiger partial charge in [-0.3, -0.25) is 9.69 Å². The molecule has 1 aromatic rings. The van der Waals surface area contributed by atoms with E-state index in [0.29, 0.717) is 12.2 Å². The molecule has 2 aliphatic rings. The van der Waals surface area contributed by atoms with Gasteiger partial charge in [0, 0.05) is 45.3 Å². The summed E-state index contributed by atoms with van der Waals surface area (Å²) < 4.78 is 5.31. The van der Waals surface area contributed by atoms with Crippen molar-refractivity contribution in [3.8, 4) is 0 Å². The fourth-order valence-corrected chi connectivity index (χ4v) is 2.83. The Morgan fingerprint density at radius 3 is 2.73 bits per heavy atom. The molecule has 2 fully saturated rings. The van der Waals surface area contributed by atoms with Gasteiger partial charge in [0.15, 0.2) is 0 Å². The largest absolute Gasteiger partial charge is 0.379 e. The SMILES string of the molecule is O=C(NCCN1CCOCC1)c1cc(N2CCCC2)ncn1. The number of carbonyl (C=O) groups excluding carboxylic acids is 1. The number of ether oxygens (including phenoxy) is 1. The van der Waals surface area contributed by atoms with E-state index in [1.807, 2.05) is 0 Å². The zero-order chi connectivity index (χ0) is 15.2. The van der Waals surface area contributed by atoms with Gasteiger partial charge in [-0.15, -0.1) is 0 Å². The van der Waals surface area contributed by atoms with E-state index in [9.17, 15) is 4.79 Å². The average molecular weight is 305 g/mol. The van der Waals surface area contributed by atoms with Crippen LogP contribution < -0.4 is 10.2 Å². The van der Waals surface area contributed by atoms with Crippen LogP contribution in [0, 0.1) is 0 Å². The maximum atomic E-state index is 12.2. The molecule has 7 heteroatoms. The summed E-state index contributed by atoms with van der Waals surface area (Å²) in [4.78, 5) is 25.0. The molecule has 3 heterocycles. The van der Waals surface area contributed by atoms with Crippen molar-refractivity contribution < 1.29 is 9.53 Å². The molecule has 120 valence electrons. The highest BCUT2D eigenvalue weighted by atomic mass is 16.5. The smallest absolute Gasteiger partial charge is 0.270 e. The summed E-state index contributed by atoms with van der Waals surface area (Å²) in [5.41, 5.74) is 0.443. The summed E-state index contributed by atoms with van der Waals surface area (Å²) in [6, 6.07) is 1.79. The molecule has 0 aromatic carbocycles. The second-order valence-electron chi connectivity index (χ2n) is 5.67. The summed E-state index contributed by atoms with van der Waals surface area (Å²) in [5, 5.41) is 2.93. The Labute approximate surface area is 130 Å². The Morgan fingerprint density at radius 2 is 1.95 bits per heavy atom. The first-order chi connectivity index (χ1) is 10.8. The molecule has 22 heavy (non-hydrogen) atoms. The number of carbonyl (C=O) groups is 1. The zero-order valence-corrected chi connectivity index (χ0v) is 12.8. The highest BCUT2D eigenvalue weighted by molar-refractivity contribution is 5.92. The van der Waals surface area contributed by atoms with Gasteiger partial charge in [0.1, 0.15) is 17.8 Å². The topological polar surface area (TPSA) is 70.6 Å². The Hall–Kier alpha value is -1.73. The predicted molar refractivity (Wildman–Crippen MR) is 83.1 cm³/mol. The van der Waals surface area contributed by atoms with Crippen molar-refractivity contribution in [2.45, 2.75) is 12.8 Å². The van der Waals surface area contributed by atoms with Crippen LogP contribution in [0.15, 0.2) is 12.4 Å². The molecule has 2 saturated heterocycles. The number of hydrogen-bond acceptors (Lipinski definition) is 6. The third-order valence-corrected chi connectivity index (χ3v) is 4.13. The summed E-state index contributed by atoms with van der Waals surface area (Å²) in [5.74, 6) is 0.724. The lowest BCUT2D eigenvalue weighted by atomic mass is 10.3. The molecule has 0 spiro atoms. The number of hydrogen-bond donors (Lipinski definition) is 1. The Bertz CT molecular complexity index is 498. The van der Waals surface area contributed by atoms with E-state index < -0.39 is 0 Å². The van der Waals surface area contributed by atoms with Crippen molar-refractivity contribution >= 4 is 11.7 Å². The van der Waals surface area contributed by atoms with Crippen LogP contribution in [0.1, 0.15) is 23.3 Å². The van der Waals surface area contributed by atoms with E-state index in [1.54, 1.807) is 6.07 Å². The van der Waals surface area contributed by atoms with E-state index in [4.69, 9.17) is 4.74 Å². The number of anilines is 1. The van der Waals surface area contributed by atoms with Gasteiger partial charge in [0.2, 0.25) is 0 Å². The number of amides is 1. The molecule has 1 aromatic heterocycles. The minimum Gasteiger partial charge on any atom is -0.379 e. The minimum atomic E-state index is -0.129. The van der Waals surface area contributed by atoms with Crippen LogP contribution in [-0.4, -0.2) is 73.3 Å². The van der Waals surface area contributed by atoms with Gasteiger partial charge in [0.25, 0.3) is 5.91 Å². The quantitative estimate of drug-likeness (QED) is 0.834. The van der Waals surface area contributed by atoms with Crippen molar-refractivity contribution in [2.24, 2.45) is 0 Å². The minimum absolute atomic E-state index is 0.129. The summed E-state index contributed by atoms with van der Waals surface area (Å²) in [6.45, 7) is 6.91. The molecule has 1 amide bonds. The summed E-state index contributed by atoms with van der Waals surface area (Å²) in [7, 11) is 0. The number of nitrogens with one attached hydrogen (secondary N) is 1. The van der Waals surface area contributed by atoms with Crippen molar-refractivity contribution in [1.29, 1.82) is 0 Å². The molecule has 0 saturated carbocycles. The molecular weight excluding hydrogens is 282 g/mol. The third-order valence-electron chi connectivity index (χ3n) is 4.13. The first-order valence-electron chi connectivity index (χ1n) is 7.98. The van der Waals surface area contributed by atoms with Crippen LogP contribution in [0.25, 0.3) is 0 Å². The molecule has 1 N–H and O–H groups in total. The van der Waals surface area contributed by atoms with Gasteiger partial charge in [-0.1, -0.05) is 0 Å². The monoisotopic (exact) mass is 305 g/mol. The average Bonchev–Trinajstić information content (AvgIpc) is 3.10. The Morgan fingerprint density at radius 1 is 1.18 bits per heavy atom. The molecule has 0 aliphatic carbocycles. The van der Waals surface area contributed by atoms with E-state index in [0.717, 1.165) is 51.8 Å². The van der Waals surface area contributed by atoms with E-state index >= 15 is 0 Å². The molecule has 0 atom stereocenters. The number of nitrogens with zero attached hydrogens (tertiary/aromatic N) is 4. The first-order valence-corrected chi connectivity index (χ1v) is 7.98. The van der Waals surface area contributed by atoms with Crippen molar-refractivity contribution in [3.63, 3.8) is 0 Å². The highest BCUT2D eigenvalue weighted by Crippen LogP contribution is 2.17. The standard InChI is InChI=1S/C15H23N5O2/c21-15(16-3-6-19-7-9-22-10-8-19)13-11-14(18-12-17-13)20-4-1-2-5-20/h11-12H,1-10H2,(H,16,21). The predicted octanol–water partition coefficient (Wildman–Crippen LogP) is 0.139. The maximum absolute atomic E-state index is 12.2. The van der Waals surface area contributed by atoms with Crippen molar-refractivity contribution in [1.82, 2.24) is 20.2 Å². The van der Waals surface area contributed by atoms with Crippen LogP contribution >= 0.6 is 0 Å². The van der Waals surface area contributed by atoms with Crippen molar-refractivity contribution in [3.05, 3.63) is 18.1 Å². The van der Waals surface area contributed by atoms with Crippen LogP contribution in [0.3, 0.4) is 0 Å². The Kier molecular flexibility index (Phi) is 5.18. The molecule has 7 nitrogen and oxygen atoms in total. The van der Waals surface area contributed by atoms with Gasteiger partial charge < -0.3 is 15.0 Å².